The number of amides is 1. The van der Waals surface area contributed by atoms with Crippen molar-refractivity contribution in [3.8, 4) is 0 Å². The van der Waals surface area contributed by atoms with Gasteiger partial charge in [-0.1, -0.05) is 19.9 Å². The molecule has 0 radical (unpaired) electrons. The molecule has 2 aliphatic rings. The van der Waals surface area contributed by atoms with E-state index in [1.807, 2.05) is 12.3 Å². The Morgan fingerprint density at radius 1 is 1.50 bits per heavy atom. The van der Waals surface area contributed by atoms with Crippen molar-refractivity contribution in [1.82, 2.24) is 15.2 Å². The first-order valence-corrected chi connectivity index (χ1v) is 8.16. The molecule has 5 heteroatoms. The number of hydrogen-bond donors (Lipinski definition) is 1. The lowest BCUT2D eigenvalue weighted by atomic mass is 9.99. The number of morpholine rings is 1. The summed E-state index contributed by atoms with van der Waals surface area (Å²) < 4.78 is 5.99. The first-order chi connectivity index (χ1) is 10.6. The first kappa shape index (κ1) is 15.4. The minimum atomic E-state index is 0.00245. The van der Waals surface area contributed by atoms with Crippen LogP contribution in [0.4, 0.5) is 0 Å². The number of aromatic nitrogens is 1. The van der Waals surface area contributed by atoms with E-state index in [0.717, 1.165) is 32.6 Å². The molecule has 0 saturated carbocycles. The van der Waals surface area contributed by atoms with Gasteiger partial charge in [0, 0.05) is 38.6 Å². The van der Waals surface area contributed by atoms with Crippen molar-refractivity contribution >= 4 is 5.91 Å². The summed E-state index contributed by atoms with van der Waals surface area (Å²) in [5, 5.41) is 3.05. The fraction of sp³-hybridized carbons (Fsp3) is 0.647. The van der Waals surface area contributed by atoms with Gasteiger partial charge in [0.25, 0.3) is 0 Å². The largest absolute Gasteiger partial charge is 0.371 e. The van der Waals surface area contributed by atoms with Gasteiger partial charge in [-0.15, -0.1) is 0 Å². The van der Waals surface area contributed by atoms with Crippen molar-refractivity contribution in [2.75, 3.05) is 19.6 Å². The molecule has 120 valence electrons. The first-order valence-electron chi connectivity index (χ1n) is 8.16. The van der Waals surface area contributed by atoms with Crippen molar-refractivity contribution in [1.29, 1.82) is 0 Å². The molecule has 1 amide bonds. The molecule has 2 fully saturated rings. The molecule has 0 aliphatic carbocycles. The second-order valence-electron chi connectivity index (χ2n) is 6.83. The van der Waals surface area contributed by atoms with E-state index in [9.17, 15) is 4.79 Å². The summed E-state index contributed by atoms with van der Waals surface area (Å²) in [4.78, 5) is 18.9. The van der Waals surface area contributed by atoms with Crippen LogP contribution in [0.1, 0.15) is 25.8 Å². The van der Waals surface area contributed by atoms with Crippen LogP contribution in [-0.2, 0) is 16.1 Å². The summed E-state index contributed by atoms with van der Waals surface area (Å²) in [6, 6.07) is 4.06. The highest BCUT2D eigenvalue weighted by molar-refractivity contribution is 5.79. The van der Waals surface area contributed by atoms with Crippen LogP contribution in [-0.4, -0.2) is 47.6 Å². The van der Waals surface area contributed by atoms with Gasteiger partial charge >= 0.3 is 0 Å². The Morgan fingerprint density at radius 3 is 3.09 bits per heavy atom. The Bertz CT molecular complexity index is 506. The number of carbonyl (C=O) groups excluding carboxylic acids is 1. The predicted molar refractivity (Wildman–Crippen MR) is 84.1 cm³/mol. The van der Waals surface area contributed by atoms with Gasteiger partial charge in [0.05, 0.1) is 18.1 Å². The number of likely N-dealkylation sites (tertiary alicyclic amines) is 1. The lowest BCUT2D eigenvalue weighted by Gasteiger charge is -2.32. The number of carbonyl (C=O) groups is 1. The molecule has 0 aromatic carbocycles. The maximum Gasteiger partial charge on any atom is 0.225 e. The molecule has 3 rings (SSSR count). The zero-order chi connectivity index (χ0) is 15.5. The van der Waals surface area contributed by atoms with Crippen molar-refractivity contribution in [2.45, 2.75) is 39.0 Å². The molecule has 2 aliphatic heterocycles. The Balaban J connectivity index is 1.56. The van der Waals surface area contributed by atoms with Crippen LogP contribution in [0.2, 0.25) is 0 Å². The lowest BCUT2D eigenvalue weighted by Crippen LogP contribution is -2.45. The average Bonchev–Trinajstić information content (AvgIpc) is 2.80. The summed E-state index contributed by atoms with van der Waals surface area (Å²) in [6.45, 7) is 7.57. The van der Waals surface area contributed by atoms with Crippen LogP contribution in [0.15, 0.2) is 24.5 Å². The van der Waals surface area contributed by atoms with Gasteiger partial charge in [-0.3, -0.25) is 14.7 Å². The Hall–Kier alpha value is -1.46. The minimum Gasteiger partial charge on any atom is -0.371 e. The quantitative estimate of drug-likeness (QED) is 0.894. The molecule has 3 heterocycles. The van der Waals surface area contributed by atoms with Crippen LogP contribution in [0.25, 0.3) is 0 Å². The van der Waals surface area contributed by atoms with Gasteiger partial charge in [0.1, 0.15) is 0 Å². The summed E-state index contributed by atoms with van der Waals surface area (Å²) in [5.74, 6) is 0.639. The zero-order valence-corrected chi connectivity index (χ0v) is 13.4. The Labute approximate surface area is 132 Å². The van der Waals surface area contributed by atoms with Crippen molar-refractivity contribution in [2.24, 2.45) is 11.8 Å². The molecule has 1 N–H and O–H groups in total. The molecule has 0 unspecified atom stereocenters. The fourth-order valence-corrected chi connectivity index (χ4v) is 3.33. The van der Waals surface area contributed by atoms with Crippen LogP contribution < -0.4 is 5.32 Å². The molecule has 1 aromatic heterocycles. The van der Waals surface area contributed by atoms with Crippen LogP contribution in [0.5, 0.6) is 0 Å². The normalized spacial score (nSPS) is 28.0. The van der Waals surface area contributed by atoms with Gasteiger partial charge in [-0.25, -0.2) is 0 Å². The number of rotatable bonds is 5. The molecule has 2 bridgehead atoms. The number of nitrogens with one attached hydrogen (secondary N) is 1. The van der Waals surface area contributed by atoms with Crippen LogP contribution >= 0.6 is 0 Å². The molecule has 0 spiro atoms. The summed E-state index contributed by atoms with van der Waals surface area (Å²) in [7, 11) is 0. The number of pyridine rings is 1. The van der Waals surface area contributed by atoms with E-state index < -0.39 is 0 Å². The number of fused-ring (bicyclic) bond motifs is 2. The lowest BCUT2D eigenvalue weighted by molar-refractivity contribution is -0.128. The topological polar surface area (TPSA) is 54.5 Å². The maximum atomic E-state index is 12.3. The highest BCUT2D eigenvalue weighted by Gasteiger charge is 2.44. The Kier molecular flexibility index (Phi) is 4.74. The van der Waals surface area contributed by atoms with Crippen LogP contribution in [0, 0.1) is 11.8 Å². The summed E-state index contributed by atoms with van der Waals surface area (Å²) in [6.07, 6.45) is 4.76. The molecule has 1 aromatic rings. The third-order valence-corrected chi connectivity index (χ3v) is 4.38. The summed E-state index contributed by atoms with van der Waals surface area (Å²) in [5.41, 5.74) is 1.21. The van der Waals surface area contributed by atoms with Crippen LogP contribution in [0.3, 0.4) is 0 Å². The number of nitrogens with zero attached hydrogens (tertiary/aromatic N) is 2. The van der Waals surface area contributed by atoms with Gasteiger partial charge < -0.3 is 10.1 Å². The molecule has 22 heavy (non-hydrogen) atoms. The smallest absolute Gasteiger partial charge is 0.225 e. The van der Waals surface area contributed by atoms with Crippen molar-refractivity contribution in [3.63, 3.8) is 0 Å². The standard InChI is InChI=1S/C17H25N3O2/c1-12(2)7-19-17(21)15-6-14-10-20(11-16(15)22-14)9-13-4-3-5-18-8-13/h3-5,8,12,14-16H,6-7,9-11H2,1-2H3,(H,19,21)/t14-,15+,16-/m0/s1. The second kappa shape index (κ2) is 6.75. The zero-order valence-electron chi connectivity index (χ0n) is 13.4. The fourth-order valence-electron chi connectivity index (χ4n) is 3.33. The molecule has 2 saturated heterocycles. The Morgan fingerprint density at radius 2 is 2.36 bits per heavy atom. The molecule has 3 atom stereocenters. The molecule has 5 nitrogen and oxygen atoms in total. The highest BCUT2D eigenvalue weighted by Crippen LogP contribution is 2.32. The van der Waals surface area contributed by atoms with E-state index in [0.29, 0.717) is 5.92 Å². The number of ether oxygens (including phenoxy) is 1. The van der Waals surface area contributed by atoms with E-state index in [2.05, 4.69) is 35.1 Å². The van der Waals surface area contributed by atoms with Crippen molar-refractivity contribution in [3.05, 3.63) is 30.1 Å². The monoisotopic (exact) mass is 303 g/mol. The van der Waals surface area contributed by atoms with Gasteiger partial charge in [0.15, 0.2) is 0 Å². The molecular weight excluding hydrogens is 278 g/mol. The third-order valence-electron chi connectivity index (χ3n) is 4.38. The summed E-state index contributed by atoms with van der Waals surface area (Å²) >= 11 is 0. The van der Waals surface area contributed by atoms with E-state index >= 15 is 0 Å². The second-order valence-corrected chi connectivity index (χ2v) is 6.83. The maximum absolute atomic E-state index is 12.3. The van der Waals surface area contributed by atoms with Gasteiger partial charge in [-0.05, 0) is 24.0 Å². The van der Waals surface area contributed by atoms with Crippen molar-refractivity contribution < 1.29 is 9.53 Å². The minimum absolute atomic E-state index is 0.00245. The SMILES string of the molecule is CC(C)CNC(=O)[C@@H]1C[C@H]2CN(Cc3cccnc3)C[C@@H]1O2. The van der Waals surface area contributed by atoms with E-state index in [1.54, 1.807) is 6.20 Å². The van der Waals surface area contributed by atoms with E-state index in [-0.39, 0.29) is 24.0 Å². The van der Waals surface area contributed by atoms with Gasteiger partial charge in [-0.2, -0.15) is 0 Å². The predicted octanol–water partition coefficient (Wildman–Crippen LogP) is 1.44. The van der Waals surface area contributed by atoms with E-state index in [4.69, 9.17) is 4.74 Å². The van der Waals surface area contributed by atoms with Gasteiger partial charge in [0.2, 0.25) is 5.91 Å². The number of hydrogen-bond acceptors (Lipinski definition) is 4. The third kappa shape index (κ3) is 3.65. The highest BCUT2D eigenvalue weighted by atomic mass is 16.5. The molecular formula is C17H25N3O2. The average molecular weight is 303 g/mol. The van der Waals surface area contributed by atoms with E-state index in [1.165, 1.54) is 5.56 Å².